The molecule has 1 atom stereocenters. The van der Waals surface area contributed by atoms with E-state index < -0.39 is 0 Å². The van der Waals surface area contributed by atoms with Crippen molar-refractivity contribution in [3.05, 3.63) is 52.9 Å². The average Bonchev–Trinajstić information content (AvgIpc) is 2.86. The third-order valence-corrected chi connectivity index (χ3v) is 3.28. The van der Waals surface area contributed by atoms with E-state index >= 15 is 0 Å². The third kappa shape index (κ3) is 3.75. The van der Waals surface area contributed by atoms with Gasteiger partial charge in [0.05, 0.1) is 13.7 Å². The molecule has 2 rings (SSSR count). The number of rotatable bonds is 6. The fourth-order valence-electron chi connectivity index (χ4n) is 2.00. The van der Waals surface area contributed by atoms with Crippen LogP contribution in [0.5, 0.6) is 5.75 Å². The molecule has 0 radical (unpaired) electrons. The Hall–Kier alpha value is -1.45. The summed E-state index contributed by atoms with van der Waals surface area (Å²) in [5.41, 5.74) is 1.24. The number of hydrogen-bond acceptors (Lipinski definition) is 3. The highest BCUT2D eigenvalue weighted by molar-refractivity contribution is 6.28. The first kappa shape index (κ1) is 14.0. The molecule has 1 unspecified atom stereocenters. The van der Waals surface area contributed by atoms with Gasteiger partial charge in [-0.2, -0.15) is 0 Å². The van der Waals surface area contributed by atoms with Crippen molar-refractivity contribution < 1.29 is 9.15 Å². The topological polar surface area (TPSA) is 34.4 Å². The van der Waals surface area contributed by atoms with E-state index in [2.05, 4.69) is 24.4 Å². The molecule has 19 heavy (non-hydrogen) atoms. The van der Waals surface area contributed by atoms with Crippen LogP contribution in [0.4, 0.5) is 0 Å². The zero-order valence-corrected chi connectivity index (χ0v) is 11.9. The summed E-state index contributed by atoms with van der Waals surface area (Å²) in [7, 11) is 1.67. The summed E-state index contributed by atoms with van der Waals surface area (Å²) in [6.45, 7) is 2.81. The number of methoxy groups -OCH3 is 1. The van der Waals surface area contributed by atoms with Crippen LogP contribution in [0.3, 0.4) is 0 Å². The number of benzene rings is 1. The molecule has 2 aromatic rings. The molecule has 102 valence electrons. The van der Waals surface area contributed by atoms with Crippen LogP contribution < -0.4 is 10.1 Å². The van der Waals surface area contributed by atoms with Gasteiger partial charge in [-0.15, -0.1) is 0 Å². The highest BCUT2D eigenvalue weighted by Gasteiger charge is 2.10. The molecule has 0 saturated heterocycles. The van der Waals surface area contributed by atoms with E-state index in [0.29, 0.717) is 11.8 Å². The second-order valence-corrected chi connectivity index (χ2v) is 4.69. The Bertz CT molecular complexity index is 507. The van der Waals surface area contributed by atoms with Crippen LogP contribution >= 0.6 is 11.6 Å². The van der Waals surface area contributed by atoms with E-state index in [9.17, 15) is 0 Å². The van der Waals surface area contributed by atoms with E-state index in [0.717, 1.165) is 17.9 Å². The molecule has 0 bridgehead atoms. The molecule has 1 aromatic heterocycles. The third-order valence-electron chi connectivity index (χ3n) is 3.08. The predicted molar refractivity (Wildman–Crippen MR) is 76.6 cm³/mol. The lowest BCUT2D eigenvalue weighted by molar-refractivity contribution is 0.413. The van der Waals surface area contributed by atoms with Gasteiger partial charge in [-0.25, -0.2) is 0 Å². The molecule has 3 nitrogen and oxygen atoms in total. The fourth-order valence-corrected chi connectivity index (χ4v) is 2.17. The molecule has 4 heteroatoms. The summed E-state index contributed by atoms with van der Waals surface area (Å²) in [5, 5.41) is 3.88. The quantitative estimate of drug-likeness (QED) is 0.861. The summed E-state index contributed by atoms with van der Waals surface area (Å²) >= 11 is 5.75. The lowest BCUT2D eigenvalue weighted by Gasteiger charge is -2.17. The number of nitrogens with one attached hydrogen (secondary N) is 1. The van der Waals surface area contributed by atoms with E-state index in [-0.39, 0.29) is 6.04 Å². The van der Waals surface area contributed by atoms with Gasteiger partial charge >= 0.3 is 0 Å². The maximum atomic E-state index is 5.75. The van der Waals surface area contributed by atoms with E-state index in [1.165, 1.54) is 5.56 Å². The molecular weight excluding hydrogens is 262 g/mol. The van der Waals surface area contributed by atoms with Crippen molar-refractivity contribution >= 4 is 11.6 Å². The lowest BCUT2D eigenvalue weighted by atomic mass is 10.0. The standard InChI is InChI=1S/C15H18ClNO2/c1-3-14(11-4-6-12(18-2)7-5-11)17-10-13-8-9-15(16)19-13/h4-9,14,17H,3,10H2,1-2H3. The van der Waals surface area contributed by atoms with Crippen LogP contribution in [0.25, 0.3) is 0 Å². The first-order valence-corrected chi connectivity index (χ1v) is 6.72. The molecular formula is C15H18ClNO2. The van der Waals surface area contributed by atoms with Gasteiger partial charge < -0.3 is 14.5 Å². The monoisotopic (exact) mass is 279 g/mol. The van der Waals surface area contributed by atoms with Crippen LogP contribution in [0.1, 0.15) is 30.7 Å². The zero-order valence-electron chi connectivity index (χ0n) is 11.2. The van der Waals surface area contributed by atoms with Gasteiger partial charge in [-0.05, 0) is 47.9 Å². The van der Waals surface area contributed by atoms with Gasteiger partial charge in [0, 0.05) is 6.04 Å². The number of ether oxygens (including phenoxy) is 1. The molecule has 1 aromatic carbocycles. The molecule has 0 aliphatic heterocycles. The number of hydrogen-bond donors (Lipinski definition) is 1. The van der Waals surface area contributed by atoms with E-state index in [4.69, 9.17) is 20.8 Å². The van der Waals surface area contributed by atoms with Crippen molar-refractivity contribution in [3.8, 4) is 5.75 Å². The Balaban J connectivity index is 1.98. The molecule has 0 aliphatic rings. The summed E-state index contributed by atoms with van der Waals surface area (Å²) in [5.74, 6) is 1.72. The molecule has 0 aliphatic carbocycles. The van der Waals surface area contributed by atoms with Crippen molar-refractivity contribution in [1.29, 1.82) is 0 Å². The summed E-state index contributed by atoms with van der Waals surface area (Å²) in [4.78, 5) is 0. The molecule has 0 fully saturated rings. The maximum absolute atomic E-state index is 5.75. The molecule has 0 saturated carbocycles. The summed E-state index contributed by atoms with van der Waals surface area (Å²) < 4.78 is 10.5. The first-order chi connectivity index (χ1) is 9.22. The molecule has 0 spiro atoms. The molecule has 0 amide bonds. The largest absolute Gasteiger partial charge is 0.497 e. The zero-order chi connectivity index (χ0) is 13.7. The van der Waals surface area contributed by atoms with Crippen LogP contribution in [-0.2, 0) is 6.54 Å². The van der Waals surface area contributed by atoms with Gasteiger partial charge in [0.25, 0.3) is 0 Å². The second kappa shape index (κ2) is 6.64. The van der Waals surface area contributed by atoms with Crippen molar-refractivity contribution in [1.82, 2.24) is 5.32 Å². The predicted octanol–water partition coefficient (Wildman–Crippen LogP) is 4.18. The number of furan rings is 1. The maximum Gasteiger partial charge on any atom is 0.193 e. The Labute approximate surface area is 118 Å². The van der Waals surface area contributed by atoms with Crippen LogP contribution in [0.2, 0.25) is 5.22 Å². The molecule has 1 heterocycles. The fraction of sp³-hybridized carbons (Fsp3) is 0.333. The highest BCUT2D eigenvalue weighted by atomic mass is 35.5. The lowest BCUT2D eigenvalue weighted by Crippen LogP contribution is -2.19. The normalized spacial score (nSPS) is 12.4. The summed E-state index contributed by atoms with van der Waals surface area (Å²) in [6, 6.07) is 12.0. The smallest absolute Gasteiger partial charge is 0.193 e. The van der Waals surface area contributed by atoms with E-state index in [1.54, 1.807) is 13.2 Å². The Morgan fingerprint density at radius 1 is 1.21 bits per heavy atom. The van der Waals surface area contributed by atoms with Crippen molar-refractivity contribution in [3.63, 3.8) is 0 Å². The Morgan fingerprint density at radius 3 is 2.47 bits per heavy atom. The SMILES string of the molecule is CCC(NCc1ccc(Cl)o1)c1ccc(OC)cc1. The Morgan fingerprint density at radius 2 is 1.95 bits per heavy atom. The Kier molecular flexibility index (Phi) is 4.88. The van der Waals surface area contributed by atoms with Gasteiger partial charge in [0.15, 0.2) is 5.22 Å². The van der Waals surface area contributed by atoms with Crippen molar-refractivity contribution in [2.24, 2.45) is 0 Å². The van der Waals surface area contributed by atoms with Crippen LogP contribution in [0, 0.1) is 0 Å². The van der Waals surface area contributed by atoms with Gasteiger partial charge in [-0.3, -0.25) is 0 Å². The first-order valence-electron chi connectivity index (χ1n) is 6.34. The second-order valence-electron chi connectivity index (χ2n) is 4.32. The van der Waals surface area contributed by atoms with Crippen molar-refractivity contribution in [2.45, 2.75) is 25.9 Å². The van der Waals surface area contributed by atoms with E-state index in [1.807, 2.05) is 18.2 Å². The minimum Gasteiger partial charge on any atom is -0.497 e. The van der Waals surface area contributed by atoms with Crippen LogP contribution in [0.15, 0.2) is 40.8 Å². The highest BCUT2D eigenvalue weighted by Crippen LogP contribution is 2.21. The number of halogens is 1. The van der Waals surface area contributed by atoms with Gasteiger partial charge in [0.1, 0.15) is 11.5 Å². The molecule has 1 N–H and O–H groups in total. The minimum absolute atomic E-state index is 0.287. The van der Waals surface area contributed by atoms with Gasteiger partial charge in [-0.1, -0.05) is 19.1 Å². The van der Waals surface area contributed by atoms with Crippen LogP contribution in [-0.4, -0.2) is 7.11 Å². The minimum atomic E-state index is 0.287. The van der Waals surface area contributed by atoms with Gasteiger partial charge in [0.2, 0.25) is 0 Å². The average molecular weight is 280 g/mol. The van der Waals surface area contributed by atoms with Crippen molar-refractivity contribution in [2.75, 3.05) is 7.11 Å². The summed E-state index contributed by atoms with van der Waals surface area (Å²) in [6.07, 6.45) is 1.00.